The van der Waals surface area contributed by atoms with Gasteiger partial charge < -0.3 is 24.7 Å². The molecule has 2 aromatic carbocycles. The minimum absolute atomic E-state index is 0.179. The van der Waals surface area contributed by atoms with Gasteiger partial charge in [0.1, 0.15) is 5.75 Å². The van der Waals surface area contributed by atoms with Gasteiger partial charge in [0, 0.05) is 44.3 Å². The highest BCUT2D eigenvalue weighted by Gasteiger charge is 2.30. The number of aryl methyl sites for hydroxylation is 1. The van der Waals surface area contributed by atoms with Crippen molar-refractivity contribution in [3.63, 3.8) is 0 Å². The van der Waals surface area contributed by atoms with E-state index in [1.165, 1.54) is 22.4 Å². The van der Waals surface area contributed by atoms with Gasteiger partial charge in [0.25, 0.3) is 0 Å². The lowest BCUT2D eigenvalue weighted by atomic mass is 9.94. The lowest BCUT2D eigenvalue weighted by Crippen LogP contribution is -2.51. The minimum atomic E-state index is -1.82. The SMILES string of the molecule is CCOc1ccc(CN2CCC(C(=O)N3CCN(c4cccc(C)c4C)CC3)CC2)cc1.O=C(O)C(=O)O. The Morgan fingerprint density at radius 2 is 1.47 bits per heavy atom. The number of nitrogens with zero attached hydrogens (tertiary/aromatic N) is 3. The topological polar surface area (TPSA) is 111 Å². The number of benzene rings is 2. The van der Waals surface area contributed by atoms with Crippen LogP contribution in [-0.2, 0) is 20.9 Å². The minimum Gasteiger partial charge on any atom is -0.494 e. The van der Waals surface area contributed by atoms with Crippen LogP contribution in [0.2, 0.25) is 0 Å². The largest absolute Gasteiger partial charge is 0.494 e. The van der Waals surface area contributed by atoms with Gasteiger partial charge in [-0.15, -0.1) is 0 Å². The number of carbonyl (C=O) groups excluding carboxylic acids is 1. The lowest BCUT2D eigenvalue weighted by molar-refractivity contribution is -0.159. The molecule has 0 unspecified atom stereocenters. The third-order valence-corrected chi connectivity index (χ3v) is 7.27. The van der Waals surface area contributed by atoms with E-state index >= 15 is 0 Å². The number of anilines is 1. The smallest absolute Gasteiger partial charge is 0.414 e. The van der Waals surface area contributed by atoms with Crippen LogP contribution in [0.1, 0.15) is 36.5 Å². The molecule has 0 atom stereocenters. The molecule has 2 heterocycles. The molecule has 4 rings (SSSR count). The molecule has 2 saturated heterocycles. The number of hydrogen-bond acceptors (Lipinski definition) is 6. The van der Waals surface area contributed by atoms with E-state index in [1.54, 1.807) is 0 Å². The second kappa shape index (κ2) is 13.8. The molecule has 2 aromatic rings. The zero-order valence-electron chi connectivity index (χ0n) is 22.6. The summed E-state index contributed by atoms with van der Waals surface area (Å²) in [6.07, 6.45) is 1.93. The average molecular weight is 526 g/mol. The number of aliphatic carboxylic acids is 2. The van der Waals surface area contributed by atoms with Crippen LogP contribution in [0, 0.1) is 19.8 Å². The van der Waals surface area contributed by atoms with E-state index in [9.17, 15) is 4.79 Å². The molecule has 2 fully saturated rings. The molecule has 1 amide bonds. The van der Waals surface area contributed by atoms with Gasteiger partial charge in [-0.2, -0.15) is 0 Å². The normalized spacial score (nSPS) is 16.4. The van der Waals surface area contributed by atoms with Crippen LogP contribution in [-0.4, -0.2) is 83.7 Å². The van der Waals surface area contributed by atoms with Gasteiger partial charge >= 0.3 is 11.9 Å². The zero-order chi connectivity index (χ0) is 27.7. The second-order valence-corrected chi connectivity index (χ2v) is 9.77. The Bertz CT molecular complexity index is 1080. The molecule has 0 radical (unpaired) electrons. The predicted octanol–water partition coefficient (Wildman–Crippen LogP) is 3.42. The number of likely N-dealkylation sites (tertiary alicyclic amines) is 1. The van der Waals surface area contributed by atoms with Crippen LogP contribution in [0.25, 0.3) is 0 Å². The van der Waals surface area contributed by atoms with Gasteiger partial charge in [-0.1, -0.05) is 24.3 Å². The van der Waals surface area contributed by atoms with E-state index in [0.29, 0.717) is 12.5 Å². The van der Waals surface area contributed by atoms with Crippen LogP contribution >= 0.6 is 0 Å². The Kier molecular flexibility index (Phi) is 10.5. The summed E-state index contributed by atoms with van der Waals surface area (Å²) in [5.74, 6) is -2.17. The highest BCUT2D eigenvalue weighted by Crippen LogP contribution is 2.26. The quantitative estimate of drug-likeness (QED) is 0.552. The van der Waals surface area contributed by atoms with Crippen molar-refractivity contribution in [3.8, 4) is 5.75 Å². The highest BCUT2D eigenvalue weighted by atomic mass is 16.5. The Hall–Kier alpha value is -3.59. The van der Waals surface area contributed by atoms with E-state index in [-0.39, 0.29) is 5.92 Å². The maximum Gasteiger partial charge on any atom is 0.414 e. The van der Waals surface area contributed by atoms with Gasteiger partial charge in [0.2, 0.25) is 5.91 Å². The second-order valence-electron chi connectivity index (χ2n) is 9.77. The summed E-state index contributed by atoms with van der Waals surface area (Å²) >= 11 is 0. The Morgan fingerprint density at radius 1 is 0.868 bits per heavy atom. The third kappa shape index (κ3) is 7.95. The number of amides is 1. The number of carboxylic acids is 2. The average Bonchev–Trinajstić information content (AvgIpc) is 2.92. The van der Waals surface area contributed by atoms with Crippen molar-refractivity contribution in [2.24, 2.45) is 5.92 Å². The van der Waals surface area contributed by atoms with Crippen LogP contribution in [0.4, 0.5) is 5.69 Å². The molecule has 0 bridgehead atoms. The van der Waals surface area contributed by atoms with Crippen molar-refractivity contribution in [2.75, 3.05) is 50.8 Å². The van der Waals surface area contributed by atoms with Crippen LogP contribution in [0.5, 0.6) is 5.75 Å². The zero-order valence-corrected chi connectivity index (χ0v) is 22.6. The van der Waals surface area contributed by atoms with Crippen molar-refractivity contribution in [1.82, 2.24) is 9.80 Å². The molecule has 9 heteroatoms. The highest BCUT2D eigenvalue weighted by molar-refractivity contribution is 6.27. The first kappa shape index (κ1) is 29.0. The Labute approximate surface area is 224 Å². The first-order valence-electron chi connectivity index (χ1n) is 13.2. The summed E-state index contributed by atoms with van der Waals surface area (Å²) in [6.45, 7) is 13.5. The first-order chi connectivity index (χ1) is 18.2. The van der Waals surface area contributed by atoms with Gasteiger partial charge in [0.05, 0.1) is 6.61 Å². The van der Waals surface area contributed by atoms with Crippen molar-refractivity contribution in [3.05, 3.63) is 59.2 Å². The number of carbonyl (C=O) groups is 3. The third-order valence-electron chi connectivity index (χ3n) is 7.27. The summed E-state index contributed by atoms with van der Waals surface area (Å²) in [7, 11) is 0. The predicted molar refractivity (Wildman–Crippen MR) is 146 cm³/mol. The monoisotopic (exact) mass is 525 g/mol. The van der Waals surface area contributed by atoms with Crippen molar-refractivity contribution >= 4 is 23.5 Å². The number of piperazine rings is 1. The van der Waals surface area contributed by atoms with Gasteiger partial charge in [-0.25, -0.2) is 9.59 Å². The maximum atomic E-state index is 13.2. The van der Waals surface area contributed by atoms with E-state index in [4.69, 9.17) is 24.5 Å². The number of carboxylic acid groups (broad SMARTS) is 2. The molecular weight excluding hydrogens is 486 g/mol. The standard InChI is InChI=1S/C27H37N3O2.C2H2O4/c1-4-32-25-10-8-23(9-11-25)20-28-14-12-24(13-15-28)27(31)30-18-16-29(17-19-30)26-7-5-6-21(2)22(26)3;3-1(4)2(5)6/h5-11,24H,4,12-20H2,1-3H3;(H,3,4)(H,5,6). The Morgan fingerprint density at radius 3 is 2.03 bits per heavy atom. The van der Waals surface area contributed by atoms with Crippen LogP contribution in [0.3, 0.4) is 0 Å². The molecule has 2 aliphatic heterocycles. The molecule has 0 saturated carbocycles. The number of ether oxygens (including phenoxy) is 1. The number of piperidine rings is 1. The molecule has 0 spiro atoms. The van der Waals surface area contributed by atoms with Crippen molar-refractivity contribution in [2.45, 2.75) is 40.2 Å². The molecule has 2 aliphatic rings. The summed E-state index contributed by atoms with van der Waals surface area (Å²) in [4.78, 5) is 38.4. The van der Waals surface area contributed by atoms with Gasteiger partial charge in [-0.05, 0) is 81.6 Å². The fourth-order valence-electron chi connectivity index (χ4n) is 4.96. The fraction of sp³-hybridized carbons (Fsp3) is 0.483. The fourth-order valence-corrected chi connectivity index (χ4v) is 4.96. The molecular formula is C29H39N3O6. The van der Waals surface area contributed by atoms with Crippen molar-refractivity contribution < 1.29 is 29.3 Å². The van der Waals surface area contributed by atoms with Gasteiger partial charge in [-0.3, -0.25) is 9.69 Å². The summed E-state index contributed by atoms with van der Waals surface area (Å²) in [5, 5.41) is 14.8. The van der Waals surface area contributed by atoms with E-state index < -0.39 is 11.9 Å². The molecule has 9 nitrogen and oxygen atoms in total. The molecule has 206 valence electrons. The molecule has 2 N–H and O–H groups in total. The number of hydrogen-bond donors (Lipinski definition) is 2. The van der Waals surface area contributed by atoms with Crippen molar-refractivity contribution in [1.29, 1.82) is 0 Å². The van der Waals surface area contributed by atoms with E-state index in [2.05, 4.69) is 58.9 Å². The van der Waals surface area contributed by atoms with E-state index in [0.717, 1.165) is 64.4 Å². The first-order valence-corrected chi connectivity index (χ1v) is 13.2. The molecule has 0 aliphatic carbocycles. The maximum absolute atomic E-state index is 13.2. The molecule has 38 heavy (non-hydrogen) atoms. The van der Waals surface area contributed by atoms with Crippen LogP contribution < -0.4 is 9.64 Å². The summed E-state index contributed by atoms with van der Waals surface area (Å²) < 4.78 is 5.53. The lowest BCUT2D eigenvalue weighted by Gasteiger charge is -2.40. The number of rotatable bonds is 6. The van der Waals surface area contributed by atoms with Crippen LogP contribution in [0.15, 0.2) is 42.5 Å². The molecule has 0 aromatic heterocycles. The Balaban J connectivity index is 0.000000599. The van der Waals surface area contributed by atoms with E-state index in [1.807, 2.05) is 19.1 Å². The van der Waals surface area contributed by atoms with Gasteiger partial charge in [0.15, 0.2) is 0 Å². The summed E-state index contributed by atoms with van der Waals surface area (Å²) in [5.41, 5.74) is 5.31. The summed E-state index contributed by atoms with van der Waals surface area (Å²) in [6, 6.07) is 14.9.